The Labute approximate surface area is 181 Å². The van der Waals surface area contributed by atoms with Gasteiger partial charge >= 0.3 is 23.9 Å². The molecule has 6 N–H and O–H groups in total. The minimum Gasteiger partial charge on any atom is -0.481 e. The first-order chi connectivity index (χ1) is 14.7. The van der Waals surface area contributed by atoms with Gasteiger partial charge in [-0.25, -0.2) is 14.4 Å². The van der Waals surface area contributed by atoms with Crippen LogP contribution in [0.15, 0.2) is 49.1 Å². The molecule has 0 unspecified atom stereocenters. The molecule has 0 aliphatic heterocycles. The topological polar surface area (TPSA) is 165 Å². The highest BCUT2D eigenvalue weighted by molar-refractivity contribution is 5.86. The highest BCUT2D eigenvalue weighted by Gasteiger charge is 2.24. The Balaban J connectivity index is 4.42. The average Bonchev–Trinajstić information content (AvgIpc) is 2.70. The van der Waals surface area contributed by atoms with E-state index in [-0.39, 0.29) is 12.8 Å². The van der Waals surface area contributed by atoms with Crippen molar-refractivity contribution in [3.63, 3.8) is 0 Å². The first kappa shape index (κ1) is 27.6. The number of allylic oxidation sites excluding steroid dienone is 4. The Kier molecular flexibility index (Phi) is 14.6. The van der Waals surface area contributed by atoms with Crippen molar-refractivity contribution >= 4 is 23.9 Å². The van der Waals surface area contributed by atoms with Crippen LogP contribution >= 0.6 is 0 Å². The van der Waals surface area contributed by atoms with Crippen LogP contribution in [0.5, 0.6) is 0 Å². The summed E-state index contributed by atoms with van der Waals surface area (Å²) in [6.07, 6.45) is 9.47. The molecule has 0 saturated carbocycles. The zero-order valence-corrected chi connectivity index (χ0v) is 17.4. The minimum absolute atomic E-state index is 0.156. The van der Waals surface area contributed by atoms with Crippen molar-refractivity contribution in [3.05, 3.63) is 49.1 Å². The third-order valence-corrected chi connectivity index (χ3v) is 4.06. The zero-order valence-electron chi connectivity index (χ0n) is 17.4. The van der Waals surface area contributed by atoms with Gasteiger partial charge in [-0.15, -0.1) is 0 Å². The third kappa shape index (κ3) is 14.3. The van der Waals surface area contributed by atoms with Gasteiger partial charge in [-0.2, -0.15) is 0 Å². The van der Waals surface area contributed by atoms with Crippen LogP contribution in [-0.4, -0.2) is 64.4 Å². The summed E-state index contributed by atoms with van der Waals surface area (Å²) in [6, 6.07) is -3.60. The fourth-order valence-electron chi connectivity index (χ4n) is 2.49. The number of rotatable bonds is 17. The van der Waals surface area contributed by atoms with Gasteiger partial charge in [0, 0.05) is 13.0 Å². The van der Waals surface area contributed by atoms with Crippen molar-refractivity contribution < 1.29 is 34.5 Å². The van der Waals surface area contributed by atoms with Gasteiger partial charge < -0.3 is 31.3 Å². The number of carboxylic acids is 3. The molecule has 0 aliphatic rings. The van der Waals surface area contributed by atoms with Crippen LogP contribution in [0, 0.1) is 0 Å². The van der Waals surface area contributed by atoms with Crippen LogP contribution in [0.25, 0.3) is 0 Å². The molecule has 0 rings (SSSR count). The van der Waals surface area contributed by atoms with Crippen molar-refractivity contribution in [2.24, 2.45) is 0 Å². The van der Waals surface area contributed by atoms with E-state index in [4.69, 9.17) is 10.2 Å². The quantitative estimate of drug-likeness (QED) is 0.148. The first-order valence-electron chi connectivity index (χ1n) is 9.77. The van der Waals surface area contributed by atoms with Crippen molar-refractivity contribution in [3.8, 4) is 0 Å². The largest absolute Gasteiger partial charge is 0.481 e. The molecule has 0 spiro atoms. The molecule has 2 amide bonds. The maximum Gasteiger partial charge on any atom is 0.326 e. The molecule has 0 aromatic heterocycles. The molecule has 172 valence electrons. The Morgan fingerprint density at radius 2 is 1.48 bits per heavy atom. The van der Waals surface area contributed by atoms with Gasteiger partial charge in [-0.05, 0) is 37.8 Å². The Hall–Kier alpha value is -3.40. The fraction of sp³-hybridized carbons (Fsp3) is 0.429. The Bertz CT molecular complexity index is 701. The van der Waals surface area contributed by atoms with Gasteiger partial charge in [-0.1, -0.05) is 43.5 Å². The summed E-state index contributed by atoms with van der Waals surface area (Å²) < 4.78 is 0. The molecule has 0 aliphatic carbocycles. The van der Waals surface area contributed by atoms with E-state index in [1.807, 2.05) is 18.2 Å². The fourth-order valence-corrected chi connectivity index (χ4v) is 2.49. The number of unbranched alkanes of at least 4 members (excludes halogenated alkanes) is 1. The molecule has 0 saturated heterocycles. The molecule has 0 heterocycles. The lowest BCUT2D eigenvalue weighted by Crippen LogP contribution is -2.51. The highest BCUT2D eigenvalue weighted by atomic mass is 16.4. The number of hydrogen-bond acceptors (Lipinski definition) is 5. The number of carboxylic acid groups (broad SMARTS) is 3. The van der Waals surface area contributed by atoms with Crippen molar-refractivity contribution in [2.45, 2.75) is 44.2 Å². The van der Waals surface area contributed by atoms with E-state index in [0.717, 1.165) is 5.57 Å². The third-order valence-electron chi connectivity index (χ3n) is 4.06. The van der Waals surface area contributed by atoms with E-state index >= 15 is 0 Å². The van der Waals surface area contributed by atoms with E-state index in [1.165, 1.54) is 0 Å². The summed E-state index contributed by atoms with van der Waals surface area (Å²) in [5, 5.41) is 34.5. The standard InChI is InChI=1S/C21H31N3O7/c1-3-5-9-15(8-4-2)14-22-13-7-6-10-16(19(27)28)23-21(31)24-17(20(29)30)11-12-18(25)26/h3-5,8-9,16-17,22H,1-2,6-7,10-14H2,(H,25,26)(H,27,28)(H,29,30)(H2,23,24,31)/b9-5-,15-8+/t16-,17-/m0/s1. The summed E-state index contributed by atoms with van der Waals surface area (Å²) in [5.74, 6) is -3.84. The smallest absolute Gasteiger partial charge is 0.326 e. The Morgan fingerprint density at radius 3 is 2.00 bits per heavy atom. The SMILES string of the molecule is C=C/C=C\C(=C/C=C)CNCCCC[C@H](NC(=O)N[C@@H](CCC(=O)O)C(=O)O)C(=O)O. The second kappa shape index (κ2) is 16.4. The molecular weight excluding hydrogens is 406 g/mol. The lowest BCUT2D eigenvalue weighted by atomic mass is 10.1. The summed E-state index contributed by atoms with van der Waals surface area (Å²) >= 11 is 0. The summed E-state index contributed by atoms with van der Waals surface area (Å²) in [7, 11) is 0. The second-order valence-corrected chi connectivity index (χ2v) is 6.58. The molecule has 0 radical (unpaired) electrons. The van der Waals surface area contributed by atoms with Crippen LogP contribution in [0.3, 0.4) is 0 Å². The molecule has 10 heteroatoms. The molecular formula is C21H31N3O7. The van der Waals surface area contributed by atoms with Gasteiger partial charge in [0.15, 0.2) is 0 Å². The van der Waals surface area contributed by atoms with Crippen molar-refractivity contribution in [1.29, 1.82) is 0 Å². The van der Waals surface area contributed by atoms with Crippen LogP contribution in [-0.2, 0) is 14.4 Å². The molecule has 2 atom stereocenters. The normalized spacial score (nSPS) is 13.2. The highest BCUT2D eigenvalue weighted by Crippen LogP contribution is 2.03. The van der Waals surface area contributed by atoms with Crippen LogP contribution in [0.1, 0.15) is 32.1 Å². The molecule has 0 aromatic rings. The molecule has 10 nitrogen and oxygen atoms in total. The predicted octanol–water partition coefficient (Wildman–Crippen LogP) is 1.67. The van der Waals surface area contributed by atoms with Gasteiger partial charge in [0.2, 0.25) is 0 Å². The van der Waals surface area contributed by atoms with Crippen LogP contribution < -0.4 is 16.0 Å². The first-order valence-corrected chi connectivity index (χ1v) is 9.77. The number of amides is 2. The number of urea groups is 1. The van der Waals surface area contributed by atoms with Gasteiger partial charge in [0.25, 0.3) is 0 Å². The maximum absolute atomic E-state index is 11.9. The summed E-state index contributed by atoms with van der Waals surface area (Å²) in [5.41, 5.74) is 1.01. The number of nitrogens with one attached hydrogen (secondary N) is 3. The van der Waals surface area contributed by atoms with Gasteiger partial charge in [0.05, 0.1) is 0 Å². The maximum atomic E-state index is 11.9. The monoisotopic (exact) mass is 437 g/mol. The number of aliphatic carboxylic acids is 3. The molecule has 0 fully saturated rings. The lowest BCUT2D eigenvalue weighted by molar-refractivity contribution is -0.140. The van der Waals surface area contributed by atoms with E-state index in [0.29, 0.717) is 25.9 Å². The Morgan fingerprint density at radius 1 is 0.871 bits per heavy atom. The van der Waals surface area contributed by atoms with Gasteiger partial charge in [-0.3, -0.25) is 4.79 Å². The van der Waals surface area contributed by atoms with Crippen molar-refractivity contribution in [2.75, 3.05) is 13.1 Å². The summed E-state index contributed by atoms with van der Waals surface area (Å²) in [4.78, 5) is 45.0. The van der Waals surface area contributed by atoms with E-state index < -0.39 is 42.4 Å². The summed E-state index contributed by atoms with van der Waals surface area (Å²) in [6.45, 7) is 8.50. The molecule has 0 bridgehead atoms. The van der Waals surface area contributed by atoms with E-state index in [1.54, 1.807) is 12.2 Å². The zero-order chi connectivity index (χ0) is 23.6. The number of carbonyl (C=O) groups excluding carboxylic acids is 1. The second-order valence-electron chi connectivity index (χ2n) is 6.58. The number of carbonyl (C=O) groups is 4. The molecule has 0 aromatic carbocycles. The van der Waals surface area contributed by atoms with Crippen molar-refractivity contribution in [1.82, 2.24) is 16.0 Å². The van der Waals surface area contributed by atoms with E-state index in [9.17, 15) is 24.3 Å². The minimum atomic E-state index is -1.43. The molecule has 31 heavy (non-hydrogen) atoms. The average molecular weight is 437 g/mol. The van der Waals surface area contributed by atoms with Crippen LogP contribution in [0.2, 0.25) is 0 Å². The van der Waals surface area contributed by atoms with Crippen LogP contribution in [0.4, 0.5) is 4.79 Å². The van der Waals surface area contributed by atoms with Gasteiger partial charge in [0.1, 0.15) is 12.1 Å². The predicted molar refractivity (Wildman–Crippen MR) is 116 cm³/mol. The lowest BCUT2D eigenvalue weighted by Gasteiger charge is -2.18. The van der Waals surface area contributed by atoms with E-state index in [2.05, 4.69) is 29.1 Å². The number of hydrogen-bond donors (Lipinski definition) is 6.